The maximum Gasteiger partial charge on any atom is 0.326 e. The molecule has 1 fully saturated rings. The molecular weight excluding hydrogens is 490 g/mol. The van der Waals surface area contributed by atoms with Gasteiger partial charge in [0, 0.05) is 35.3 Å². The molecule has 11 nitrogen and oxygen atoms in total. The van der Waals surface area contributed by atoms with Crippen LogP contribution in [0, 0.1) is 6.92 Å². The van der Waals surface area contributed by atoms with Crippen molar-refractivity contribution in [2.45, 2.75) is 19.6 Å². The molecule has 1 atom stereocenters. The molecular formula is C27H27N5O6. The second kappa shape index (κ2) is 10.8. The average molecular weight is 518 g/mol. The van der Waals surface area contributed by atoms with Gasteiger partial charge in [0.1, 0.15) is 18.1 Å². The molecule has 0 spiro atoms. The number of rotatable bonds is 7. The molecule has 1 aliphatic rings. The van der Waals surface area contributed by atoms with Crippen LogP contribution >= 0.6 is 0 Å². The number of morpholine rings is 1. The van der Waals surface area contributed by atoms with Gasteiger partial charge >= 0.3 is 5.69 Å². The molecule has 11 heteroatoms. The van der Waals surface area contributed by atoms with Crippen LogP contribution in [0.2, 0.25) is 0 Å². The van der Waals surface area contributed by atoms with E-state index in [0.29, 0.717) is 38.7 Å². The summed E-state index contributed by atoms with van der Waals surface area (Å²) >= 11 is 0. The quantitative estimate of drug-likeness (QED) is 0.293. The van der Waals surface area contributed by atoms with Crippen LogP contribution in [0.1, 0.15) is 33.4 Å². The van der Waals surface area contributed by atoms with Crippen LogP contribution in [0.15, 0.2) is 59.4 Å². The number of H-pyrrole nitrogens is 2. The maximum absolute atomic E-state index is 13.2. The third kappa shape index (κ3) is 5.37. The number of pyridine rings is 1. The highest BCUT2D eigenvalue weighted by atomic mass is 16.5. The number of aromatic hydroxyl groups is 1. The van der Waals surface area contributed by atoms with Gasteiger partial charge in [-0.05, 0) is 43.3 Å². The van der Waals surface area contributed by atoms with Crippen LogP contribution in [0.4, 0.5) is 0 Å². The molecule has 0 radical (unpaired) electrons. The van der Waals surface area contributed by atoms with E-state index >= 15 is 0 Å². The molecule has 1 unspecified atom stereocenters. The number of amides is 2. The number of carbonyl (C=O) groups excluding carboxylic acids is 2. The number of hydrogen-bond donors (Lipinski definition) is 4. The first-order valence-corrected chi connectivity index (χ1v) is 12.2. The van der Waals surface area contributed by atoms with Crippen LogP contribution < -0.4 is 15.7 Å². The van der Waals surface area contributed by atoms with Crippen molar-refractivity contribution in [3.8, 4) is 11.6 Å². The zero-order valence-corrected chi connectivity index (χ0v) is 20.7. The maximum atomic E-state index is 13.2. The fourth-order valence-corrected chi connectivity index (χ4v) is 4.41. The molecule has 196 valence electrons. The lowest BCUT2D eigenvalue weighted by Crippen LogP contribution is -2.47. The molecule has 2 aromatic carbocycles. The molecule has 0 aliphatic carbocycles. The summed E-state index contributed by atoms with van der Waals surface area (Å²) in [6.07, 6.45) is 0. The number of imidazole rings is 1. The molecule has 4 N–H and O–H groups in total. The predicted octanol–water partition coefficient (Wildman–Crippen LogP) is 2.17. The number of fused-ring (bicyclic) bond motifs is 1. The number of benzene rings is 2. The van der Waals surface area contributed by atoms with Crippen LogP contribution in [0.5, 0.6) is 11.6 Å². The number of hydrogen-bond acceptors (Lipinski definition) is 7. The minimum atomic E-state index is -1.29. The van der Waals surface area contributed by atoms with Crippen molar-refractivity contribution in [3.05, 3.63) is 87.6 Å². The molecule has 2 aromatic heterocycles. The Morgan fingerprint density at radius 1 is 1.13 bits per heavy atom. The van der Waals surface area contributed by atoms with E-state index in [1.807, 2.05) is 37.3 Å². The van der Waals surface area contributed by atoms with Gasteiger partial charge in [-0.2, -0.15) is 0 Å². The lowest BCUT2D eigenvalue weighted by Gasteiger charge is -2.30. The molecule has 2 amide bonds. The monoisotopic (exact) mass is 517 g/mol. The van der Waals surface area contributed by atoms with E-state index in [0.717, 1.165) is 22.2 Å². The minimum Gasteiger partial charge on any atom is -0.493 e. The van der Waals surface area contributed by atoms with Crippen LogP contribution in [0.3, 0.4) is 0 Å². The number of aromatic nitrogens is 3. The Bertz CT molecular complexity index is 1520. The van der Waals surface area contributed by atoms with Crippen LogP contribution in [-0.4, -0.2) is 63.1 Å². The lowest BCUT2D eigenvalue weighted by atomic mass is 10.1. The van der Waals surface area contributed by atoms with Gasteiger partial charge in [-0.3, -0.25) is 19.6 Å². The SMILES string of the molecule is Cc1cc(COc2ccc(C(=O)NC(C(=O)N3CCOCC3)c3[nH]c(=O)[nH]c3O)cc2)c2ccccc2n1. The smallest absolute Gasteiger partial charge is 0.326 e. The largest absolute Gasteiger partial charge is 0.493 e. The van der Waals surface area contributed by atoms with Crippen molar-refractivity contribution >= 4 is 22.7 Å². The van der Waals surface area contributed by atoms with Gasteiger partial charge < -0.3 is 29.8 Å². The van der Waals surface area contributed by atoms with E-state index in [4.69, 9.17) is 9.47 Å². The first-order valence-electron chi connectivity index (χ1n) is 12.2. The zero-order valence-electron chi connectivity index (χ0n) is 20.7. The molecule has 5 rings (SSSR count). The number of carbonyl (C=O) groups is 2. The summed E-state index contributed by atoms with van der Waals surface area (Å²) in [5.41, 5.74) is 2.27. The van der Waals surface area contributed by atoms with Gasteiger partial charge in [-0.15, -0.1) is 0 Å². The molecule has 0 bridgehead atoms. The van der Waals surface area contributed by atoms with Crippen LogP contribution in [-0.2, 0) is 16.1 Å². The summed E-state index contributed by atoms with van der Waals surface area (Å²) in [4.78, 5) is 48.6. The Morgan fingerprint density at radius 2 is 1.87 bits per heavy atom. The van der Waals surface area contributed by atoms with Gasteiger partial charge in [-0.1, -0.05) is 18.2 Å². The zero-order chi connectivity index (χ0) is 26.6. The van der Waals surface area contributed by atoms with Gasteiger partial charge in [0.05, 0.1) is 18.7 Å². The number of aromatic amines is 2. The number of para-hydroxylation sites is 1. The number of ether oxygens (including phenoxy) is 2. The second-order valence-corrected chi connectivity index (χ2v) is 8.94. The Hall–Kier alpha value is -4.64. The molecule has 38 heavy (non-hydrogen) atoms. The third-order valence-electron chi connectivity index (χ3n) is 6.31. The Labute approximate surface area is 217 Å². The number of aryl methyl sites for hydroxylation is 1. The highest BCUT2D eigenvalue weighted by molar-refractivity contribution is 5.98. The molecule has 3 heterocycles. The van der Waals surface area contributed by atoms with Crippen molar-refractivity contribution < 1.29 is 24.2 Å². The first-order chi connectivity index (χ1) is 18.4. The summed E-state index contributed by atoms with van der Waals surface area (Å²) < 4.78 is 11.3. The number of nitrogens with one attached hydrogen (secondary N) is 3. The van der Waals surface area contributed by atoms with Gasteiger partial charge in [-0.25, -0.2) is 4.79 Å². The fourth-order valence-electron chi connectivity index (χ4n) is 4.41. The third-order valence-corrected chi connectivity index (χ3v) is 6.31. The van der Waals surface area contributed by atoms with Crippen molar-refractivity contribution in [2.75, 3.05) is 26.3 Å². The van der Waals surface area contributed by atoms with E-state index in [2.05, 4.69) is 20.3 Å². The van der Waals surface area contributed by atoms with E-state index in [1.54, 1.807) is 24.3 Å². The topological polar surface area (TPSA) is 150 Å². The highest BCUT2D eigenvalue weighted by Crippen LogP contribution is 2.23. The van der Waals surface area contributed by atoms with E-state index in [1.165, 1.54) is 4.90 Å². The Kier molecular flexibility index (Phi) is 7.09. The fraction of sp³-hybridized carbons (Fsp3) is 0.259. The van der Waals surface area contributed by atoms with Gasteiger partial charge in [0.25, 0.3) is 11.8 Å². The summed E-state index contributed by atoms with van der Waals surface area (Å²) in [6, 6.07) is 15.0. The van der Waals surface area contributed by atoms with Gasteiger partial charge in [0.15, 0.2) is 6.04 Å². The van der Waals surface area contributed by atoms with E-state index < -0.39 is 29.4 Å². The van der Waals surface area contributed by atoms with Crippen LogP contribution in [0.25, 0.3) is 10.9 Å². The van der Waals surface area contributed by atoms with Crippen molar-refractivity contribution in [3.63, 3.8) is 0 Å². The average Bonchev–Trinajstić information content (AvgIpc) is 3.27. The van der Waals surface area contributed by atoms with Crippen molar-refractivity contribution in [1.82, 2.24) is 25.2 Å². The molecule has 4 aromatic rings. The molecule has 1 aliphatic heterocycles. The summed E-state index contributed by atoms with van der Waals surface area (Å²) in [6.45, 7) is 3.64. The lowest BCUT2D eigenvalue weighted by molar-refractivity contribution is -0.137. The first kappa shape index (κ1) is 25.0. The van der Waals surface area contributed by atoms with E-state index in [9.17, 15) is 19.5 Å². The Balaban J connectivity index is 1.30. The standard InChI is InChI=1S/C27H27N5O6/c1-16-14-18(20-4-2-3-5-21(20)28-16)15-38-19-8-6-17(7-9-19)24(33)29-23(22-25(34)31-27(36)30-22)26(35)32-10-12-37-13-11-32/h2-9,14,23,34H,10-13,15H2,1H3,(H,29,33)(H2,30,31,36). The second-order valence-electron chi connectivity index (χ2n) is 8.94. The van der Waals surface area contributed by atoms with E-state index in [-0.39, 0.29) is 11.3 Å². The summed E-state index contributed by atoms with van der Waals surface area (Å²) in [5.74, 6) is -0.967. The normalized spacial score (nSPS) is 14.3. The van der Waals surface area contributed by atoms with Crippen molar-refractivity contribution in [1.29, 1.82) is 0 Å². The summed E-state index contributed by atoms with van der Waals surface area (Å²) in [5, 5.41) is 13.8. The molecule has 1 saturated heterocycles. The highest BCUT2D eigenvalue weighted by Gasteiger charge is 2.32. The Morgan fingerprint density at radius 3 is 2.58 bits per heavy atom. The minimum absolute atomic E-state index is 0.111. The van der Waals surface area contributed by atoms with Crippen molar-refractivity contribution in [2.24, 2.45) is 0 Å². The summed E-state index contributed by atoms with van der Waals surface area (Å²) in [7, 11) is 0. The number of nitrogens with zero attached hydrogens (tertiary/aromatic N) is 2. The van der Waals surface area contributed by atoms with Gasteiger partial charge in [0.2, 0.25) is 5.88 Å². The molecule has 0 saturated carbocycles. The predicted molar refractivity (Wildman–Crippen MR) is 138 cm³/mol.